The molecule has 1 N–H and O–H groups in total. The van der Waals surface area contributed by atoms with Crippen molar-refractivity contribution >= 4 is 5.69 Å². The highest BCUT2D eigenvalue weighted by Crippen LogP contribution is 2.14. The summed E-state index contributed by atoms with van der Waals surface area (Å²) in [5, 5.41) is 11.5. The molecule has 1 aromatic carbocycles. The van der Waals surface area contributed by atoms with Crippen molar-refractivity contribution in [1.29, 1.82) is 5.26 Å². The standard InChI is InChI=1S/C13H17FN2O/c1-10(2)9-17-6-5-16-13-4-3-11(8-15)7-12(13)14/h3-4,7,10,16H,5-6,9H2,1-2H3. The third kappa shape index (κ3) is 4.83. The average molecular weight is 236 g/mol. The Hall–Kier alpha value is -1.60. The number of hydrogen-bond acceptors (Lipinski definition) is 3. The molecule has 0 heterocycles. The molecule has 0 unspecified atom stereocenters. The quantitative estimate of drug-likeness (QED) is 0.772. The summed E-state index contributed by atoms with van der Waals surface area (Å²) in [6.07, 6.45) is 0. The minimum absolute atomic E-state index is 0.323. The van der Waals surface area contributed by atoms with Gasteiger partial charge in [0.25, 0.3) is 0 Å². The number of benzene rings is 1. The zero-order valence-corrected chi connectivity index (χ0v) is 10.2. The van der Waals surface area contributed by atoms with Gasteiger partial charge in [-0.1, -0.05) is 13.8 Å². The molecule has 0 aliphatic rings. The van der Waals surface area contributed by atoms with Gasteiger partial charge in [0.15, 0.2) is 0 Å². The Morgan fingerprint density at radius 1 is 1.47 bits per heavy atom. The summed E-state index contributed by atoms with van der Waals surface area (Å²) in [4.78, 5) is 0. The van der Waals surface area contributed by atoms with Crippen LogP contribution in [0.3, 0.4) is 0 Å². The summed E-state index contributed by atoms with van der Waals surface area (Å²) in [5.41, 5.74) is 0.723. The molecule has 0 saturated heterocycles. The molecule has 92 valence electrons. The van der Waals surface area contributed by atoms with Gasteiger partial charge < -0.3 is 10.1 Å². The molecule has 0 fully saturated rings. The van der Waals surface area contributed by atoms with E-state index in [1.165, 1.54) is 6.07 Å². The number of anilines is 1. The van der Waals surface area contributed by atoms with E-state index in [2.05, 4.69) is 19.2 Å². The molecule has 1 aromatic rings. The summed E-state index contributed by atoms with van der Waals surface area (Å²) in [6, 6.07) is 6.26. The Balaban J connectivity index is 2.35. The predicted octanol–water partition coefficient (Wildman–Crippen LogP) is 2.78. The van der Waals surface area contributed by atoms with Gasteiger partial charge in [-0.2, -0.15) is 5.26 Å². The van der Waals surface area contributed by atoms with Crippen molar-refractivity contribution in [3.63, 3.8) is 0 Å². The fourth-order valence-corrected chi connectivity index (χ4v) is 1.30. The second-order valence-electron chi connectivity index (χ2n) is 4.20. The first-order valence-corrected chi connectivity index (χ1v) is 5.64. The van der Waals surface area contributed by atoms with E-state index in [9.17, 15) is 4.39 Å². The molecular weight excluding hydrogens is 219 g/mol. The van der Waals surface area contributed by atoms with Gasteiger partial charge in [0, 0.05) is 13.2 Å². The van der Waals surface area contributed by atoms with Gasteiger partial charge in [-0.3, -0.25) is 0 Å². The summed E-state index contributed by atoms with van der Waals surface area (Å²) >= 11 is 0. The van der Waals surface area contributed by atoms with Gasteiger partial charge in [-0.05, 0) is 24.1 Å². The number of halogens is 1. The predicted molar refractivity (Wildman–Crippen MR) is 65.3 cm³/mol. The minimum Gasteiger partial charge on any atom is -0.380 e. The fraction of sp³-hybridized carbons (Fsp3) is 0.462. The zero-order chi connectivity index (χ0) is 12.7. The molecule has 0 amide bonds. The average Bonchev–Trinajstić information content (AvgIpc) is 2.30. The van der Waals surface area contributed by atoms with E-state index in [1.807, 2.05) is 6.07 Å². The molecule has 0 aromatic heterocycles. The van der Waals surface area contributed by atoms with Crippen LogP contribution in [0.1, 0.15) is 19.4 Å². The first kappa shape index (κ1) is 13.5. The fourth-order valence-electron chi connectivity index (χ4n) is 1.30. The minimum atomic E-state index is -0.409. The lowest BCUT2D eigenvalue weighted by atomic mass is 10.2. The van der Waals surface area contributed by atoms with Crippen LogP contribution >= 0.6 is 0 Å². The van der Waals surface area contributed by atoms with Gasteiger partial charge in [0.1, 0.15) is 5.82 Å². The maximum absolute atomic E-state index is 13.4. The van der Waals surface area contributed by atoms with Crippen molar-refractivity contribution in [1.82, 2.24) is 0 Å². The summed E-state index contributed by atoms with van der Waals surface area (Å²) in [7, 11) is 0. The van der Waals surface area contributed by atoms with Crippen LogP contribution < -0.4 is 5.32 Å². The van der Waals surface area contributed by atoms with E-state index in [1.54, 1.807) is 12.1 Å². The normalized spacial score (nSPS) is 10.3. The molecular formula is C13H17FN2O. The van der Waals surface area contributed by atoms with E-state index in [0.717, 1.165) is 0 Å². The molecule has 3 nitrogen and oxygen atoms in total. The second-order valence-corrected chi connectivity index (χ2v) is 4.20. The molecule has 0 bridgehead atoms. The molecule has 0 aliphatic carbocycles. The maximum Gasteiger partial charge on any atom is 0.147 e. The highest BCUT2D eigenvalue weighted by Gasteiger charge is 2.02. The SMILES string of the molecule is CC(C)COCCNc1ccc(C#N)cc1F. The third-order valence-electron chi connectivity index (χ3n) is 2.11. The van der Waals surface area contributed by atoms with Crippen molar-refractivity contribution in [3.05, 3.63) is 29.6 Å². The van der Waals surface area contributed by atoms with Crippen LogP contribution in [-0.2, 0) is 4.74 Å². The Labute approximate surface area is 101 Å². The van der Waals surface area contributed by atoms with Crippen LogP contribution in [0, 0.1) is 23.1 Å². The van der Waals surface area contributed by atoms with Crippen molar-refractivity contribution in [2.45, 2.75) is 13.8 Å². The second kappa shape index (κ2) is 6.87. The lowest BCUT2D eigenvalue weighted by Gasteiger charge is -2.09. The van der Waals surface area contributed by atoms with E-state index in [4.69, 9.17) is 10.00 Å². The van der Waals surface area contributed by atoms with Crippen molar-refractivity contribution in [3.8, 4) is 6.07 Å². The molecule has 1 rings (SSSR count). The van der Waals surface area contributed by atoms with Gasteiger partial charge >= 0.3 is 0 Å². The van der Waals surface area contributed by atoms with Gasteiger partial charge in [0.2, 0.25) is 0 Å². The van der Waals surface area contributed by atoms with E-state index >= 15 is 0 Å². The van der Waals surface area contributed by atoms with E-state index < -0.39 is 5.82 Å². The number of nitriles is 1. The van der Waals surface area contributed by atoms with Gasteiger partial charge in [0.05, 0.1) is 23.9 Å². The van der Waals surface area contributed by atoms with Gasteiger partial charge in [-0.15, -0.1) is 0 Å². The van der Waals surface area contributed by atoms with Crippen LogP contribution in [0.5, 0.6) is 0 Å². The Kier molecular flexibility index (Phi) is 5.44. The van der Waals surface area contributed by atoms with Crippen molar-refractivity contribution in [2.24, 2.45) is 5.92 Å². The highest BCUT2D eigenvalue weighted by atomic mass is 19.1. The monoisotopic (exact) mass is 236 g/mol. The molecule has 0 radical (unpaired) electrons. The lowest BCUT2D eigenvalue weighted by molar-refractivity contribution is 0.118. The number of nitrogens with one attached hydrogen (secondary N) is 1. The summed E-state index contributed by atoms with van der Waals surface area (Å²) in [6.45, 7) is 5.95. The molecule has 4 heteroatoms. The first-order chi connectivity index (χ1) is 8.13. The van der Waals surface area contributed by atoms with Crippen LogP contribution in [0.25, 0.3) is 0 Å². The van der Waals surface area contributed by atoms with E-state index in [0.29, 0.717) is 36.9 Å². The lowest BCUT2D eigenvalue weighted by Crippen LogP contribution is -2.12. The number of ether oxygens (including phenoxy) is 1. The van der Waals surface area contributed by atoms with Crippen LogP contribution in [-0.4, -0.2) is 19.8 Å². The van der Waals surface area contributed by atoms with Crippen LogP contribution in [0.4, 0.5) is 10.1 Å². The van der Waals surface area contributed by atoms with Crippen LogP contribution in [0.2, 0.25) is 0 Å². The molecule has 0 aliphatic heterocycles. The number of nitrogens with zero attached hydrogens (tertiary/aromatic N) is 1. The summed E-state index contributed by atoms with van der Waals surface area (Å²) < 4.78 is 18.8. The zero-order valence-electron chi connectivity index (χ0n) is 10.2. The first-order valence-electron chi connectivity index (χ1n) is 5.64. The Morgan fingerprint density at radius 2 is 2.24 bits per heavy atom. The summed E-state index contributed by atoms with van der Waals surface area (Å²) in [5.74, 6) is 0.0922. The maximum atomic E-state index is 13.4. The molecule has 17 heavy (non-hydrogen) atoms. The van der Waals surface area contributed by atoms with Gasteiger partial charge in [-0.25, -0.2) is 4.39 Å². The van der Waals surface area contributed by atoms with Crippen LogP contribution in [0.15, 0.2) is 18.2 Å². The topological polar surface area (TPSA) is 45.0 Å². The smallest absolute Gasteiger partial charge is 0.147 e. The molecule has 0 spiro atoms. The number of hydrogen-bond donors (Lipinski definition) is 1. The Morgan fingerprint density at radius 3 is 2.82 bits per heavy atom. The van der Waals surface area contributed by atoms with Crippen molar-refractivity contribution in [2.75, 3.05) is 25.1 Å². The molecule has 0 saturated carbocycles. The largest absolute Gasteiger partial charge is 0.380 e. The van der Waals surface area contributed by atoms with E-state index in [-0.39, 0.29) is 0 Å². The number of rotatable bonds is 6. The highest BCUT2D eigenvalue weighted by molar-refractivity contribution is 5.48. The Bertz CT molecular complexity index is 399. The third-order valence-corrected chi connectivity index (χ3v) is 2.11. The van der Waals surface area contributed by atoms with Crippen molar-refractivity contribution < 1.29 is 9.13 Å². The molecule has 0 atom stereocenters.